The Hall–Kier alpha value is -2.44. The number of amides is 1. The van der Waals surface area contributed by atoms with Crippen LogP contribution in [0.5, 0.6) is 0 Å². The van der Waals surface area contributed by atoms with Gasteiger partial charge in [0.25, 0.3) is 5.69 Å². The predicted molar refractivity (Wildman–Crippen MR) is 67.6 cm³/mol. The standard InChI is InChI=1S/C12H14N2O5/c1-2-19-12(16)8-7-11(15)13-9-5-3-4-6-10(9)14(17)18/h3-6H,2,7-8H2,1H3,(H,13,15). The van der Waals surface area contributed by atoms with Crippen LogP contribution in [0.25, 0.3) is 0 Å². The van der Waals surface area contributed by atoms with E-state index < -0.39 is 16.8 Å². The summed E-state index contributed by atoms with van der Waals surface area (Å²) in [6, 6.07) is 5.81. The summed E-state index contributed by atoms with van der Waals surface area (Å²) in [6.07, 6.45) is -0.134. The van der Waals surface area contributed by atoms with Gasteiger partial charge in [-0.1, -0.05) is 12.1 Å². The van der Waals surface area contributed by atoms with E-state index in [1.807, 2.05) is 0 Å². The molecule has 0 aliphatic rings. The van der Waals surface area contributed by atoms with Crippen molar-refractivity contribution in [2.24, 2.45) is 0 Å². The van der Waals surface area contributed by atoms with E-state index in [0.29, 0.717) is 0 Å². The van der Waals surface area contributed by atoms with Crippen molar-refractivity contribution < 1.29 is 19.2 Å². The maximum absolute atomic E-state index is 11.6. The third kappa shape index (κ3) is 4.74. The summed E-state index contributed by atoms with van der Waals surface area (Å²) < 4.78 is 4.68. The third-order valence-corrected chi connectivity index (χ3v) is 2.24. The molecule has 102 valence electrons. The number of rotatable bonds is 6. The topological polar surface area (TPSA) is 98.5 Å². The Bertz CT molecular complexity index is 487. The van der Waals surface area contributed by atoms with Gasteiger partial charge in [-0.05, 0) is 13.0 Å². The average molecular weight is 266 g/mol. The summed E-state index contributed by atoms with van der Waals surface area (Å²) in [5.74, 6) is -0.942. The fourth-order valence-corrected chi connectivity index (χ4v) is 1.40. The van der Waals surface area contributed by atoms with Crippen LogP contribution in [0.4, 0.5) is 11.4 Å². The number of ether oxygens (including phenoxy) is 1. The molecule has 1 rings (SSSR count). The largest absolute Gasteiger partial charge is 0.466 e. The van der Waals surface area contributed by atoms with E-state index >= 15 is 0 Å². The Morgan fingerprint density at radius 1 is 1.32 bits per heavy atom. The third-order valence-electron chi connectivity index (χ3n) is 2.24. The smallest absolute Gasteiger partial charge is 0.306 e. The van der Waals surface area contributed by atoms with Gasteiger partial charge in [-0.15, -0.1) is 0 Å². The number of hydrogen-bond acceptors (Lipinski definition) is 5. The highest BCUT2D eigenvalue weighted by Crippen LogP contribution is 2.23. The van der Waals surface area contributed by atoms with Crippen LogP contribution in [0.1, 0.15) is 19.8 Å². The summed E-state index contributed by atoms with van der Waals surface area (Å²) in [7, 11) is 0. The highest BCUT2D eigenvalue weighted by molar-refractivity contribution is 5.94. The molecular weight excluding hydrogens is 252 g/mol. The maximum Gasteiger partial charge on any atom is 0.306 e. The molecule has 0 saturated heterocycles. The van der Waals surface area contributed by atoms with Crippen LogP contribution in [-0.4, -0.2) is 23.4 Å². The Morgan fingerprint density at radius 2 is 2.00 bits per heavy atom. The van der Waals surface area contributed by atoms with E-state index in [1.165, 1.54) is 18.2 Å². The number of anilines is 1. The molecule has 0 unspecified atom stereocenters. The van der Waals surface area contributed by atoms with Gasteiger partial charge in [-0.25, -0.2) is 0 Å². The van der Waals surface area contributed by atoms with E-state index in [2.05, 4.69) is 10.1 Å². The lowest BCUT2D eigenvalue weighted by Gasteiger charge is -2.05. The zero-order valence-electron chi connectivity index (χ0n) is 10.4. The fraction of sp³-hybridized carbons (Fsp3) is 0.333. The first-order chi connectivity index (χ1) is 9.04. The van der Waals surface area contributed by atoms with E-state index in [0.717, 1.165) is 0 Å². The van der Waals surface area contributed by atoms with Crippen molar-refractivity contribution in [1.82, 2.24) is 0 Å². The Morgan fingerprint density at radius 3 is 2.63 bits per heavy atom. The van der Waals surface area contributed by atoms with Crippen LogP contribution in [0.15, 0.2) is 24.3 Å². The lowest BCUT2D eigenvalue weighted by atomic mass is 10.2. The fourth-order valence-electron chi connectivity index (χ4n) is 1.40. The zero-order valence-corrected chi connectivity index (χ0v) is 10.4. The monoisotopic (exact) mass is 266 g/mol. The highest BCUT2D eigenvalue weighted by atomic mass is 16.6. The average Bonchev–Trinajstić information content (AvgIpc) is 2.37. The molecule has 0 aromatic heterocycles. The van der Waals surface area contributed by atoms with Gasteiger partial charge in [0.1, 0.15) is 5.69 Å². The van der Waals surface area contributed by atoms with Crippen molar-refractivity contribution in [2.75, 3.05) is 11.9 Å². The van der Waals surface area contributed by atoms with Crippen molar-refractivity contribution in [1.29, 1.82) is 0 Å². The van der Waals surface area contributed by atoms with E-state index in [4.69, 9.17) is 0 Å². The highest BCUT2D eigenvalue weighted by Gasteiger charge is 2.15. The second-order valence-corrected chi connectivity index (χ2v) is 3.63. The zero-order chi connectivity index (χ0) is 14.3. The summed E-state index contributed by atoms with van der Waals surface area (Å²) >= 11 is 0. The number of benzene rings is 1. The van der Waals surface area contributed by atoms with E-state index in [9.17, 15) is 19.7 Å². The molecule has 7 heteroatoms. The van der Waals surface area contributed by atoms with Crippen LogP contribution in [0.3, 0.4) is 0 Å². The molecule has 1 aromatic rings. The Labute approximate surface area is 109 Å². The summed E-state index contributed by atoms with van der Waals surface area (Å²) in [5.41, 5.74) is -0.0756. The molecule has 0 bridgehead atoms. The molecule has 1 amide bonds. The van der Waals surface area contributed by atoms with Crippen LogP contribution in [0.2, 0.25) is 0 Å². The second kappa shape index (κ2) is 7.10. The van der Waals surface area contributed by atoms with E-state index in [1.54, 1.807) is 13.0 Å². The number of esters is 1. The molecule has 0 aliphatic heterocycles. The van der Waals surface area contributed by atoms with Crippen molar-refractivity contribution in [3.63, 3.8) is 0 Å². The lowest BCUT2D eigenvalue weighted by Crippen LogP contribution is -2.15. The van der Waals surface area contributed by atoms with Gasteiger partial charge in [0.2, 0.25) is 5.91 Å². The molecule has 0 fully saturated rings. The second-order valence-electron chi connectivity index (χ2n) is 3.63. The van der Waals surface area contributed by atoms with Gasteiger partial charge in [-0.3, -0.25) is 19.7 Å². The summed E-state index contributed by atoms with van der Waals surface area (Å²) in [6.45, 7) is 1.93. The molecule has 1 N–H and O–H groups in total. The number of carbonyl (C=O) groups excluding carboxylic acids is 2. The molecule has 0 atom stereocenters. The molecule has 1 aromatic carbocycles. The van der Waals surface area contributed by atoms with Crippen LogP contribution < -0.4 is 5.32 Å². The lowest BCUT2D eigenvalue weighted by molar-refractivity contribution is -0.383. The molecule has 7 nitrogen and oxygen atoms in total. The SMILES string of the molecule is CCOC(=O)CCC(=O)Nc1ccccc1[N+](=O)[O-]. The van der Waals surface area contributed by atoms with Crippen molar-refractivity contribution in [3.8, 4) is 0 Å². The minimum Gasteiger partial charge on any atom is -0.466 e. The number of nitrogens with one attached hydrogen (secondary N) is 1. The van der Waals surface area contributed by atoms with Gasteiger partial charge in [0.15, 0.2) is 0 Å². The van der Waals surface area contributed by atoms with Gasteiger partial charge in [0, 0.05) is 12.5 Å². The van der Waals surface area contributed by atoms with E-state index in [-0.39, 0.29) is 30.8 Å². The quantitative estimate of drug-likeness (QED) is 0.481. The Balaban J connectivity index is 2.58. The molecule has 19 heavy (non-hydrogen) atoms. The minimum atomic E-state index is -0.582. The maximum atomic E-state index is 11.6. The molecular formula is C12H14N2O5. The first kappa shape index (κ1) is 14.6. The van der Waals surface area contributed by atoms with Crippen molar-refractivity contribution >= 4 is 23.3 Å². The molecule has 0 aliphatic carbocycles. The number of carbonyl (C=O) groups is 2. The van der Waals surface area contributed by atoms with Crippen LogP contribution in [0, 0.1) is 10.1 Å². The number of nitrogens with zero attached hydrogens (tertiary/aromatic N) is 1. The number of para-hydroxylation sites is 2. The number of nitro benzene ring substituents is 1. The number of hydrogen-bond donors (Lipinski definition) is 1. The van der Waals surface area contributed by atoms with Gasteiger partial charge < -0.3 is 10.1 Å². The van der Waals surface area contributed by atoms with Crippen LogP contribution >= 0.6 is 0 Å². The van der Waals surface area contributed by atoms with Crippen molar-refractivity contribution in [3.05, 3.63) is 34.4 Å². The van der Waals surface area contributed by atoms with Gasteiger partial charge in [-0.2, -0.15) is 0 Å². The summed E-state index contributed by atoms with van der Waals surface area (Å²) in [4.78, 5) is 32.8. The Kier molecular flexibility index (Phi) is 5.46. The molecule has 0 saturated carbocycles. The van der Waals surface area contributed by atoms with Crippen LogP contribution in [-0.2, 0) is 14.3 Å². The minimum absolute atomic E-state index is 0.0553. The number of nitro groups is 1. The molecule has 0 spiro atoms. The van der Waals surface area contributed by atoms with Gasteiger partial charge >= 0.3 is 5.97 Å². The molecule has 0 radical (unpaired) electrons. The molecule has 0 heterocycles. The normalized spacial score (nSPS) is 9.74. The van der Waals surface area contributed by atoms with Crippen molar-refractivity contribution in [2.45, 2.75) is 19.8 Å². The predicted octanol–water partition coefficient (Wildman–Crippen LogP) is 1.88. The first-order valence-corrected chi connectivity index (χ1v) is 5.73. The van der Waals surface area contributed by atoms with Gasteiger partial charge in [0.05, 0.1) is 18.0 Å². The first-order valence-electron chi connectivity index (χ1n) is 5.73. The summed E-state index contributed by atoms with van der Waals surface area (Å²) in [5, 5.41) is 13.1.